The van der Waals surface area contributed by atoms with Crippen LogP contribution < -0.4 is 15.0 Å². The van der Waals surface area contributed by atoms with E-state index in [0.29, 0.717) is 24.3 Å². The summed E-state index contributed by atoms with van der Waals surface area (Å²) in [6.07, 6.45) is 8.00. The van der Waals surface area contributed by atoms with Gasteiger partial charge in [0.25, 0.3) is 0 Å². The van der Waals surface area contributed by atoms with Crippen molar-refractivity contribution in [3.05, 3.63) is 47.8 Å². The molecule has 4 heterocycles. The van der Waals surface area contributed by atoms with Crippen molar-refractivity contribution in [2.24, 2.45) is 0 Å². The summed E-state index contributed by atoms with van der Waals surface area (Å²) < 4.78 is 21.0. The van der Waals surface area contributed by atoms with Gasteiger partial charge < -0.3 is 20.1 Å². The molecule has 3 aromatic rings. The number of ether oxygens (including phenoxy) is 1. The zero-order valence-electron chi connectivity index (χ0n) is 18.4. The molecular formula is C23H27FN6O3. The number of aryl methyl sites for hydroxylation is 1. The fourth-order valence-electron chi connectivity index (χ4n) is 4.89. The number of fused-ring (bicyclic) bond motifs is 1. The molecule has 0 spiro atoms. The molecule has 174 valence electrons. The highest BCUT2D eigenvalue weighted by molar-refractivity contribution is 5.73. The van der Waals surface area contributed by atoms with Crippen LogP contribution in [0.5, 0.6) is 5.75 Å². The highest BCUT2D eigenvalue weighted by Crippen LogP contribution is 2.37. The van der Waals surface area contributed by atoms with Gasteiger partial charge in [-0.3, -0.25) is 4.98 Å². The standard InChI is InChI=1S/C23H27FN6O3/c1-2-18-17(10-14(24)12-25-18)19-4-3-8-29(19)21-7-9-30-22(28-21)20(13-26-30)33-23(32)27-15-5-6-16(31)11-15/h7,9-10,12-13,15-16,19,31H,2-6,8,11H2,1H3,(H,27,32)/t15-,16-,19+/m0/s1. The van der Waals surface area contributed by atoms with Crippen molar-refractivity contribution in [3.8, 4) is 5.75 Å². The average Bonchev–Trinajstić information content (AvgIpc) is 3.54. The first-order valence-electron chi connectivity index (χ1n) is 11.4. The van der Waals surface area contributed by atoms with Gasteiger partial charge in [-0.2, -0.15) is 5.10 Å². The molecule has 0 radical (unpaired) electrons. The Morgan fingerprint density at radius 1 is 1.33 bits per heavy atom. The Balaban J connectivity index is 1.39. The van der Waals surface area contributed by atoms with Crippen molar-refractivity contribution in [3.63, 3.8) is 0 Å². The number of carbonyl (C=O) groups is 1. The number of nitrogens with zero attached hydrogens (tertiary/aromatic N) is 5. The predicted octanol–water partition coefficient (Wildman–Crippen LogP) is 3.17. The molecule has 5 rings (SSSR count). The smallest absolute Gasteiger partial charge is 0.405 e. The lowest BCUT2D eigenvalue weighted by Crippen LogP contribution is -2.35. The molecular weight excluding hydrogens is 427 g/mol. The first kappa shape index (κ1) is 21.6. The molecule has 9 nitrogen and oxygen atoms in total. The largest absolute Gasteiger partial charge is 0.413 e. The lowest BCUT2D eigenvalue weighted by Gasteiger charge is -2.27. The maximum atomic E-state index is 14.0. The van der Waals surface area contributed by atoms with Gasteiger partial charge in [0.05, 0.1) is 24.5 Å². The monoisotopic (exact) mass is 454 g/mol. The number of carbonyl (C=O) groups excluding carboxylic acids is 1. The van der Waals surface area contributed by atoms with Crippen LogP contribution in [0.3, 0.4) is 0 Å². The first-order valence-corrected chi connectivity index (χ1v) is 11.4. The fourth-order valence-corrected chi connectivity index (χ4v) is 4.89. The van der Waals surface area contributed by atoms with Gasteiger partial charge in [-0.1, -0.05) is 6.92 Å². The highest BCUT2D eigenvalue weighted by atomic mass is 19.1. The maximum Gasteiger partial charge on any atom is 0.413 e. The van der Waals surface area contributed by atoms with Crippen LogP contribution in [0, 0.1) is 5.82 Å². The first-order chi connectivity index (χ1) is 16.0. The Kier molecular flexibility index (Phi) is 5.84. The summed E-state index contributed by atoms with van der Waals surface area (Å²) in [7, 11) is 0. The van der Waals surface area contributed by atoms with Gasteiger partial charge in [0, 0.05) is 24.5 Å². The van der Waals surface area contributed by atoms with E-state index in [1.807, 2.05) is 13.0 Å². The van der Waals surface area contributed by atoms with Crippen LogP contribution in [0.2, 0.25) is 0 Å². The Morgan fingerprint density at radius 2 is 2.21 bits per heavy atom. The number of anilines is 1. The van der Waals surface area contributed by atoms with Crippen molar-refractivity contribution >= 4 is 17.6 Å². The SMILES string of the molecule is CCc1ncc(F)cc1[C@H]1CCCN1c1ccn2ncc(OC(=O)N[C@H]3CC[C@H](O)C3)c2n1. The summed E-state index contributed by atoms with van der Waals surface area (Å²) in [5.74, 6) is 0.621. The Bertz CT molecular complexity index is 1170. The zero-order valence-corrected chi connectivity index (χ0v) is 18.4. The topological polar surface area (TPSA) is 105 Å². The molecule has 2 N–H and O–H groups in total. The minimum Gasteiger partial charge on any atom is -0.405 e. The van der Waals surface area contributed by atoms with Gasteiger partial charge in [0.2, 0.25) is 5.65 Å². The molecule has 1 saturated carbocycles. The Morgan fingerprint density at radius 3 is 3.00 bits per heavy atom. The van der Waals surface area contributed by atoms with Crippen molar-refractivity contribution in [1.29, 1.82) is 0 Å². The number of rotatable bonds is 5. The minimum absolute atomic E-state index is 0.0255. The second kappa shape index (κ2) is 8.93. The number of halogens is 1. The second-order valence-corrected chi connectivity index (χ2v) is 8.65. The van der Waals surface area contributed by atoms with Gasteiger partial charge in [-0.05, 0) is 56.2 Å². The molecule has 0 unspecified atom stereocenters. The van der Waals surface area contributed by atoms with Gasteiger partial charge >= 0.3 is 6.09 Å². The third-order valence-corrected chi connectivity index (χ3v) is 6.46. The van der Waals surface area contributed by atoms with Crippen LogP contribution in [0.4, 0.5) is 15.0 Å². The van der Waals surface area contributed by atoms with E-state index in [9.17, 15) is 14.3 Å². The van der Waals surface area contributed by atoms with Crippen LogP contribution in [-0.4, -0.2) is 49.5 Å². The van der Waals surface area contributed by atoms with E-state index in [4.69, 9.17) is 9.72 Å². The fraction of sp³-hybridized carbons (Fsp3) is 0.478. The summed E-state index contributed by atoms with van der Waals surface area (Å²) >= 11 is 0. The van der Waals surface area contributed by atoms with E-state index in [-0.39, 0.29) is 29.8 Å². The van der Waals surface area contributed by atoms with E-state index < -0.39 is 6.09 Å². The molecule has 3 aromatic heterocycles. The Hall–Kier alpha value is -3.27. The van der Waals surface area contributed by atoms with Gasteiger partial charge in [0.1, 0.15) is 11.6 Å². The quantitative estimate of drug-likeness (QED) is 0.610. The zero-order chi connectivity index (χ0) is 22.9. The molecule has 1 saturated heterocycles. The summed E-state index contributed by atoms with van der Waals surface area (Å²) in [5, 5.41) is 16.7. The van der Waals surface area contributed by atoms with Crippen LogP contribution in [-0.2, 0) is 6.42 Å². The molecule has 33 heavy (non-hydrogen) atoms. The van der Waals surface area contributed by atoms with Crippen LogP contribution >= 0.6 is 0 Å². The minimum atomic E-state index is -0.589. The van der Waals surface area contributed by atoms with E-state index in [1.165, 1.54) is 12.4 Å². The van der Waals surface area contributed by atoms with Crippen molar-refractivity contribution in [1.82, 2.24) is 24.9 Å². The van der Waals surface area contributed by atoms with Crippen molar-refractivity contribution in [2.75, 3.05) is 11.4 Å². The molecule has 1 aliphatic heterocycles. The molecule has 0 bridgehead atoms. The third-order valence-electron chi connectivity index (χ3n) is 6.46. The number of pyridine rings is 1. The summed E-state index contributed by atoms with van der Waals surface area (Å²) in [6, 6.07) is 3.31. The third kappa shape index (κ3) is 4.35. The Labute approximate surface area is 190 Å². The maximum absolute atomic E-state index is 14.0. The van der Waals surface area contributed by atoms with E-state index in [1.54, 1.807) is 16.8 Å². The lowest BCUT2D eigenvalue weighted by atomic mass is 10.0. The second-order valence-electron chi connectivity index (χ2n) is 8.65. The van der Waals surface area contributed by atoms with Crippen molar-refractivity contribution < 1.29 is 19.0 Å². The number of aromatic nitrogens is 4. The number of aliphatic hydroxyl groups is 1. The number of aliphatic hydroxyl groups excluding tert-OH is 1. The normalized spacial score (nSPS) is 22.8. The number of hydrogen-bond donors (Lipinski definition) is 2. The molecule has 2 aliphatic rings. The molecule has 0 aromatic carbocycles. The predicted molar refractivity (Wildman–Crippen MR) is 119 cm³/mol. The number of nitrogens with one attached hydrogen (secondary N) is 1. The summed E-state index contributed by atoms with van der Waals surface area (Å²) in [4.78, 5) is 23.5. The average molecular weight is 455 g/mol. The molecule has 1 amide bonds. The summed E-state index contributed by atoms with van der Waals surface area (Å²) in [6.45, 7) is 2.79. The van der Waals surface area contributed by atoms with E-state index >= 15 is 0 Å². The van der Waals surface area contributed by atoms with Crippen LogP contribution in [0.25, 0.3) is 5.65 Å². The van der Waals surface area contributed by atoms with Crippen LogP contribution in [0.15, 0.2) is 30.7 Å². The van der Waals surface area contributed by atoms with E-state index in [2.05, 4.69) is 20.3 Å². The highest BCUT2D eigenvalue weighted by Gasteiger charge is 2.30. The number of amides is 1. The number of hydrogen-bond acceptors (Lipinski definition) is 7. The van der Waals surface area contributed by atoms with Crippen molar-refractivity contribution in [2.45, 2.75) is 63.6 Å². The molecule has 2 fully saturated rings. The molecule has 3 atom stereocenters. The van der Waals surface area contributed by atoms with E-state index in [0.717, 1.165) is 43.5 Å². The molecule has 1 aliphatic carbocycles. The summed E-state index contributed by atoms with van der Waals surface area (Å²) in [5.41, 5.74) is 2.20. The van der Waals surface area contributed by atoms with Gasteiger partial charge in [0.15, 0.2) is 5.75 Å². The van der Waals surface area contributed by atoms with Gasteiger partial charge in [-0.25, -0.2) is 18.7 Å². The molecule has 10 heteroatoms. The lowest BCUT2D eigenvalue weighted by molar-refractivity contribution is 0.176. The van der Waals surface area contributed by atoms with Gasteiger partial charge in [-0.15, -0.1) is 0 Å². The van der Waals surface area contributed by atoms with Crippen LogP contribution in [0.1, 0.15) is 56.3 Å².